The normalized spacial score (nSPS) is 22.0. The molecule has 0 spiro atoms. The number of thioether (sulfide) groups is 1. The van der Waals surface area contributed by atoms with Crippen LogP contribution in [0.5, 0.6) is 0 Å². The maximum absolute atomic E-state index is 13.4. The Labute approximate surface area is 189 Å². The summed E-state index contributed by atoms with van der Waals surface area (Å²) in [7, 11) is 0. The number of carbonyl (C=O) groups is 1. The number of amides is 1. The molecule has 0 radical (unpaired) electrons. The molecule has 0 aliphatic heterocycles. The molecule has 1 aromatic heterocycles. The lowest BCUT2D eigenvalue weighted by Gasteiger charge is -2.23. The van der Waals surface area contributed by atoms with E-state index in [2.05, 4.69) is 47.3 Å². The maximum atomic E-state index is 13.4. The fourth-order valence-corrected chi connectivity index (χ4v) is 5.68. The van der Waals surface area contributed by atoms with Crippen LogP contribution in [0.15, 0.2) is 35.5 Å². The monoisotopic (exact) mass is 439 g/mol. The third kappa shape index (κ3) is 5.86. The number of nitrogens with zero attached hydrogens (tertiary/aromatic N) is 2. The molecule has 3 atom stereocenters. The van der Waals surface area contributed by atoms with Gasteiger partial charge in [0.25, 0.3) is 0 Å². The van der Waals surface area contributed by atoms with E-state index in [1.165, 1.54) is 23.3 Å². The molecule has 1 heterocycles. The predicted molar refractivity (Wildman–Crippen MR) is 126 cm³/mol. The Morgan fingerprint density at radius 2 is 2.00 bits per heavy atom. The largest absolute Gasteiger partial charge is 0.393 e. The maximum Gasteiger partial charge on any atom is 0.233 e. The van der Waals surface area contributed by atoms with Crippen LogP contribution in [-0.2, 0) is 4.79 Å². The average molecular weight is 440 g/mol. The van der Waals surface area contributed by atoms with E-state index >= 15 is 0 Å². The molecule has 2 N–H and O–H groups in total. The summed E-state index contributed by atoms with van der Waals surface area (Å²) in [6, 6.07) is 6.59. The summed E-state index contributed by atoms with van der Waals surface area (Å²) >= 11 is 1.98. The van der Waals surface area contributed by atoms with Crippen LogP contribution in [0.2, 0.25) is 0 Å². The highest BCUT2D eigenvalue weighted by molar-refractivity contribution is 8.00. The van der Waals surface area contributed by atoms with Crippen LogP contribution in [0.1, 0.15) is 81.0 Å². The van der Waals surface area contributed by atoms with Gasteiger partial charge in [0, 0.05) is 10.1 Å². The molecule has 1 unspecified atom stereocenters. The van der Waals surface area contributed by atoms with Gasteiger partial charge in [0.15, 0.2) is 5.82 Å². The van der Waals surface area contributed by atoms with E-state index in [-0.39, 0.29) is 17.9 Å². The van der Waals surface area contributed by atoms with Crippen LogP contribution in [0.25, 0.3) is 0 Å². The number of nitrogens with one attached hydrogen (secondary N) is 1. The van der Waals surface area contributed by atoms with Crippen molar-refractivity contribution in [3.8, 4) is 0 Å². The van der Waals surface area contributed by atoms with Crippen molar-refractivity contribution in [1.82, 2.24) is 9.97 Å². The number of aliphatic hydroxyl groups excluding tert-OH is 1. The topological polar surface area (TPSA) is 75.1 Å². The van der Waals surface area contributed by atoms with Crippen molar-refractivity contribution in [2.75, 3.05) is 5.32 Å². The first-order valence-corrected chi connectivity index (χ1v) is 12.3. The minimum Gasteiger partial charge on any atom is -0.393 e. The van der Waals surface area contributed by atoms with Crippen LogP contribution in [0, 0.1) is 12.8 Å². The lowest BCUT2D eigenvalue weighted by atomic mass is 9.85. The Morgan fingerprint density at radius 1 is 1.19 bits per heavy atom. The highest BCUT2D eigenvalue weighted by atomic mass is 32.2. The molecule has 1 aromatic carbocycles. The lowest BCUT2D eigenvalue weighted by molar-refractivity contribution is -0.118. The molecule has 4 rings (SSSR count). The minimum atomic E-state index is -0.268. The fraction of sp³-hybridized carbons (Fsp3) is 0.560. The number of benzene rings is 1. The second kappa shape index (κ2) is 9.70. The van der Waals surface area contributed by atoms with Crippen molar-refractivity contribution < 1.29 is 9.90 Å². The van der Waals surface area contributed by atoms with Crippen LogP contribution >= 0.6 is 11.8 Å². The fourth-order valence-electron chi connectivity index (χ4n) is 4.37. The average Bonchev–Trinajstić information content (AvgIpc) is 3.46. The molecule has 5 nitrogen and oxygen atoms in total. The first-order chi connectivity index (χ1) is 14.9. The predicted octanol–water partition coefficient (Wildman–Crippen LogP) is 5.44. The number of anilines is 1. The number of hydrogen-bond acceptors (Lipinski definition) is 5. The smallest absolute Gasteiger partial charge is 0.233 e. The van der Waals surface area contributed by atoms with Gasteiger partial charge in [-0.15, -0.1) is 11.8 Å². The van der Waals surface area contributed by atoms with Crippen molar-refractivity contribution in [2.45, 2.75) is 87.4 Å². The highest BCUT2D eigenvalue weighted by Gasteiger charge is 2.31. The molecule has 166 valence electrons. The molecule has 2 aliphatic carbocycles. The highest BCUT2D eigenvalue weighted by Crippen LogP contribution is 2.43. The van der Waals surface area contributed by atoms with E-state index in [4.69, 9.17) is 0 Å². The van der Waals surface area contributed by atoms with E-state index < -0.39 is 0 Å². The van der Waals surface area contributed by atoms with Crippen LogP contribution < -0.4 is 5.32 Å². The quantitative estimate of drug-likeness (QED) is 0.573. The zero-order valence-electron chi connectivity index (χ0n) is 18.7. The van der Waals surface area contributed by atoms with Crippen molar-refractivity contribution in [1.29, 1.82) is 0 Å². The summed E-state index contributed by atoms with van der Waals surface area (Å²) in [5.74, 6) is 0.934. The standard InChI is InChI=1S/C25H33N3O2S/c1-15(2)21-12-18(5-9-23(21)31-20-7-8-20)22(11-17-4-6-19(29)10-17)25(30)28-24-14-26-16(3)13-27-24/h5,9,12-15,17,19-20,22,29H,4,6-8,10-11H2,1-3H3,(H,27,28,30)/t17-,19?,22+/m0/s1. The number of hydrogen-bond donors (Lipinski definition) is 2. The van der Waals surface area contributed by atoms with Crippen molar-refractivity contribution >= 4 is 23.5 Å². The molecule has 2 aliphatic rings. The molecule has 31 heavy (non-hydrogen) atoms. The zero-order valence-corrected chi connectivity index (χ0v) is 19.5. The van der Waals surface area contributed by atoms with Crippen molar-refractivity contribution in [3.05, 3.63) is 47.4 Å². The first kappa shape index (κ1) is 22.3. The number of aliphatic hydroxyl groups is 1. The van der Waals surface area contributed by atoms with Gasteiger partial charge in [-0.1, -0.05) is 26.0 Å². The van der Waals surface area contributed by atoms with Gasteiger partial charge < -0.3 is 10.4 Å². The summed E-state index contributed by atoms with van der Waals surface area (Å²) in [5.41, 5.74) is 3.21. The summed E-state index contributed by atoms with van der Waals surface area (Å²) in [4.78, 5) is 23.3. The van der Waals surface area contributed by atoms with E-state index in [0.29, 0.717) is 17.7 Å². The Hall–Kier alpha value is -1.92. The Bertz CT molecular complexity index is 911. The minimum absolute atomic E-state index is 0.0446. The SMILES string of the molecule is Cc1cnc(NC(=O)[C@H](C[C@H]2CCC(O)C2)c2ccc(SC3CC3)c(C(C)C)c2)cn1. The summed E-state index contributed by atoms with van der Waals surface area (Å²) in [5, 5.41) is 13.7. The molecule has 6 heteroatoms. The van der Waals surface area contributed by atoms with Crippen LogP contribution in [0.4, 0.5) is 5.82 Å². The second-order valence-corrected chi connectivity index (χ2v) is 10.8. The third-order valence-corrected chi connectivity index (χ3v) is 7.74. The van der Waals surface area contributed by atoms with Gasteiger partial charge in [-0.05, 0) is 74.5 Å². The molecule has 0 bridgehead atoms. The lowest BCUT2D eigenvalue weighted by Crippen LogP contribution is -2.24. The van der Waals surface area contributed by atoms with E-state index in [9.17, 15) is 9.90 Å². The Morgan fingerprint density at radius 3 is 2.61 bits per heavy atom. The molecule has 2 saturated carbocycles. The number of aromatic nitrogens is 2. The van der Waals surface area contributed by atoms with Gasteiger partial charge in [-0.3, -0.25) is 9.78 Å². The van der Waals surface area contributed by atoms with Crippen molar-refractivity contribution in [2.24, 2.45) is 5.92 Å². The van der Waals surface area contributed by atoms with Crippen molar-refractivity contribution in [3.63, 3.8) is 0 Å². The second-order valence-electron chi connectivity index (χ2n) is 9.42. The molecular formula is C25H33N3O2S. The number of aryl methyl sites for hydroxylation is 1. The number of carbonyl (C=O) groups excluding carboxylic acids is 1. The molecule has 2 aromatic rings. The van der Waals surface area contributed by atoms with Gasteiger partial charge in [0.05, 0.1) is 30.1 Å². The van der Waals surface area contributed by atoms with Gasteiger partial charge >= 0.3 is 0 Å². The summed E-state index contributed by atoms with van der Waals surface area (Å²) in [6.45, 7) is 6.32. The van der Waals surface area contributed by atoms with Gasteiger partial charge in [-0.25, -0.2) is 4.98 Å². The summed E-state index contributed by atoms with van der Waals surface area (Å²) in [6.07, 6.45) is 8.97. The Balaban J connectivity index is 1.60. The Kier molecular flexibility index (Phi) is 6.97. The third-order valence-electron chi connectivity index (χ3n) is 6.31. The van der Waals surface area contributed by atoms with Crippen LogP contribution in [0.3, 0.4) is 0 Å². The van der Waals surface area contributed by atoms with Crippen LogP contribution in [-0.4, -0.2) is 32.3 Å². The molecule has 1 amide bonds. The molecular weight excluding hydrogens is 406 g/mol. The van der Waals surface area contributed by atoms with E-state index in [1.807, 2.05) is 18.7 Å². The van der Waals surface area contributed by atoms with E-state index in [0.717, 1.165) is 42.2 Å². The summed E-state index contributed by atoms with van der Waals surface area (Å²) < 4.78 is 0. The van der Waals surface area contributed by atoms with E-state index in [1.54, 1.807) is 12.4 Å². The van der Waals surface area contributed by atoms with Gasteiger partial charge in [0.2, 0.25) is 5.91 Å². The van der Waals surface area contributed by atoms with Gasteiger partial charge in [-0.2, -0.15) is 0 Å². The van der Waals surface area contributed by atoms with Gasteiger partial charge in [0.1, 0.15) is 0 Å². The zero-order chi connectivity index (χ0) is 22.0. The first-order valence-electron chi connectivity index (χ1n) is 11.5. The molecule has 0 saturated heterocycles. The molecule has 2 fully saturated rings. The number of rotatable bonds is 8.